The number of amides is 1. The molecule has 2 N–H and O–H groups in total. The second kappa shape index (κ2) is 11.0. The molecule has 6 nitrogen and oxygen atoms in total. The zero-order valence-electron chi connectivity index (χ0n) is 26.5. The van der Waals surface area contributed by atoms with E-state index < -0.39 is 12.1 Å². The van der Waals surface area contributed by atoms with E-state index in [4.69, 9.17) is 9.57 Å². The van der Waals surface area contributed by atoms with Crippen LogP contribution in [0.25, 0.3) is 11.1 Å². The number of hydroxylamine groups is 2. The van der Waals surface area contributed by atoms with Crippen LogP contribution in [0.1, 0.15) is 78.0 Å². The van der Waals surface area contributed by atoms with Gasteiger partial charge in [0.1, 0.15) is 11.8 Å². The molecule has 1 saturated heterocycles. The molecule has 0 radical (unpaired) electrons. The number of benzene rings is 2. The highest BCUT2D eigenvalue weighted by molar-refractivity contribution is 5.83. The fraction of sp³-hybridized carbons (Fsp3) is 0.629. The van der Waals surface area contributed by atoms with Gasteiger partial charge in [0.25, 0.3) is 0 Å². The first-order valence-electron chi connectivity index (χ1n) is 15.4. The van der Waals surface area contributed by atoms with Crippen molar-refractivity contribution in [1.29, 1.82) is 0 Å². The maximum atomic E-state index is 13.9. The van der Waals surface area contributed by atoms with Gasteiger partial charge in [-0.2, -0.15) is 5.06 Å². The molecule has 3 saturated carbocycles. The van der Waals surface area contributed by atoms with Crippen molar-refractivity contribution < 1.29 is 19.5 Å². The molecule has 4 aliphatic rings. The number of ether oxygens (including phenoxy) is 1. The number of carbonyl (C=O) groups excluding carboxylic acids is 1. The highest BCUT2D eigenvalue weighted by Gasteiger charge is 2.57. The predicted octanol–water partition coefficient (Wildman–Crippen LogP) is 6.27. The number of aliphatic hydroxyl groups is 1. The van der Waals surface area contributed by atoms with Crippen LogP contribution in [0, 0.1) is 36.0 Å². The maximum Gasteiger partial charge on any atom is 0.240 e. The molecule has 6 rings (SSSR count). The Kier molecular flexibility index (Phi) is 8.08. The molecule has 2 bridgehead atoms. The van der Waals surface area contributed by atoms with Gasteiger partial charge in [0.05, 0.1) is 26.4 Å². The highest BCUT2D eigenvalue weighted by Crippen LogP contribution is 2.61. The Labute approximate surface area is 246 Å². The van der Waals surface area contributed by atoms with Crippen LogP contribution in [0.5, 0.6) is 5.75 Å². The lowest BCUT2D eigenvalue weighted by molar-refractivity contribution is -0.161. The number of carbonyl (C=O) groups is 1. The van der Waals surface area contributed by atoms with Crippen LogP contribution < -0.4 is 10.1 Å². The fourth-order valence-corrected chi connectivity index (χ4v) is 7.76. The van der Waals surface area contributed by atoms with Gasteiger partial charge in [-0.25, -0.2) is 0 Å². The lowest BCUT2D eigenvalue weighted by atomic mass is 9.45. The third-order valence-electron chi connectivity index (χ3n) is 10.6. The molecule has 1 amide bonds. The van der Waals surface area contributed by atoms with Gasteiger partial charge >= 0.3 is 0 Å². The summed E-state index contributed by atoms with van der Waals surface area (Å²) in [5.74, 6) is 2.16. The van der Waals surface area contributed by atoms with Crippen molar-refractivity contribution in [2.24, 2.45) is 29.1 Å². The van der Waals surface area contributed by atoms with E-state index >= 15 is 0 Å². The SMILES string of the molecule is COc1c(CN2OC[C@@H]([C@H](C)O)[C@H]2C(=O)N[C@H]2C[C@H]3C[C@@H]([C@@H]2C)C3(C)C)cccc1-c1cc(C)cc(C(C)(C)C)c1. The highest BCUT2D eigenvalue weighted by atomic mass is 16.7. The maximum absolute atomic E-state index is 13.9. The van der Waals surface area contributed by atoms with Crippen LogP contribution in [0.15, 0.2) is 36.4 Å². The molecular formula is C35H50N2O4. The quantitative estimate of drug-likeness (QED) is 0.416. The smallest absolute Gasteiger partial charge is 0.240 e. The van der Waals surface area contributed by atoms with E-state index in [2.05, 4.69) is 78.0 Å². The van der Waals surface area contributed by atoms with Crippen LogP contribution >= 0.6 is 0 Å². The molecule has 6 heteroatoms. The van der Waals surface area contributed by atoms with E-state index in [1.807, 2.05) is 12.1 Å². The summed E-state index contributed by atoms with van der Waals surface area (Å²) < 4.78 is 6.02. The summed E-state index contributed by atoms with van der Waals surface area (Å²) >= 11 is 0. The Bertz CT molecular complexity index is 1280. The molecule has 2 aromatic carbocycles. The van der Waals surface area contributed by atoms with Crippen molar-refractivity contribution >= 4 is 5.91 Å². The van der Waals surface area contributed by atoms with Crippen LogP contribution in [0.4, 0.5) is 0 Å². The minimum Gasteiger partial charge on any atom is -0.496 e. The first-order chi connectivity index (χ1) is 19.2. The first kappa shape index (κ1) is 30.1. The average molecular weight is 563 g/mol. The predicted molar refractivity (Wildman–Crippen MR) is 163 cm³/mol. The van der Waals surface area contributed by atoms with Gasteiger partial charge in [0.15, 0.2) is 0 Å². The van der Waals surface area contributed by atoms with Gasteiger partial charge in [0, 0.05) is 23.1 Å². The van der Waals surface area contributed by atoms with E-state index in [1.165, 1.54) is 17.5 Å². The minimum atomic E-state index is -0.664. The summed E-state index contributed by atoms with van der Waals surface area (Å²) in [6.45, 7) is 18.3. The molecule has 0 aromatic heterocycles. The standard InChI is InChI=1S/C35H50N2O4/c1-20-13-24(15-25(14-20)34(4,5)6)27-12-10-11-23(32(27)40-9)18-37-31(28(19-41-37)22(3)38)33(39)36-30-17-26-16-29(21(30)2)35(26,7)8/h10-15,21-22,26,28-31,38H,16-19H2,1-9H3,(H,36,39)/t21-,22-,26+,28-,29-,30-,31-/m0/s1. The summed E-state index contributed by atoms with van der Waals surface area (Å²) in [5.41, 5.74) is 5.94. The number of hydrogen-bond acceptors (Lipinski definition) is 5. The van der Waals surface area contributed by atoms with Crippen LogP contribution in [-0.4, -0.2) is 48.0 Å². The van der Waals surface area contributed by atoms with Gasteiger partial charge < -0.3 is 15.2 Å². The molecule has 2 aromatic rings. The second-order valence-corrected chi connectivity index (χ2v) is 14.6. The Morgan fingerprint density at radius 1 is 1.22 bits per heavy atom. The molecule has 1 heterocycles. The monoisotopic (exact) mass is 562 g/mol. The van der Waals surface area contributed by atoms with Gasteiger partial charge in [-0.15, -0.1) is 0 Å². The number of hydrogen-bond donors (Lipinski definition) is 2. The number of aryl methyl sites for hydroxylation is 1. The number of para-hydroxylation sites is 1. The first-order valence-corrected chi connectivity index (χ1v) is 15.4. The molecular weight excluding hydrogens is 512 g/mol. The normalized spacial score (nSPS) is 30.0. The van der Waals surface area contributed by atoms with Crippen molar-refractivity contribution in [3.63, 3.8) is 0 Å². The van der Waals surface area contributed by atoms with Crippen LogP contribution in [0.2, 0.25) is 0 Å². The summed E-state index contributed by atoms with van der Waals surface area (Å²) in [7, 11) is 1.70. The molecule has 224 valence electrons. The van der Waals surface area contributed by atoms with Crippen LogP contribution in [-0.2, 0) is 21.6 Å². The molecule has 3 aliphatic carbocycles. The van der Waals surface area contributed by atoms with Crippen molar-refractivity contribution in [2.75, 3.05) is 13.7 Å². The zero-order chi connectivity index (χ0) is 29.9. The summed E-state index contributed by atoms with van der Waals surface area (Å²) in [5, 5.41) is 15.8. The van der Waals surface area contributed by atoms with E-state index in [0.717, 1.165) is 28.9 Å². The number of nitrogens with zero attached hydrogens (tertiary/aromatic N) is 1. The molecule has 0 unspecified atom stereocenters. The summed E-state index contributed by atoms with van der Waals surface area (Å²) in [4.78, 5) is 20.0. The average Bonchev–Trinajstić information content (AvgIpc) is 3.32. The van der Waals surface area contributed by atoms with E-state index in [9.17, 15) is 9.90 Å². The molecule has 7 atom stereocenters. The lowest BCUT2D eigenvalue weighted by Gasteiger charge is -2.62. The number of methoxy groups -OCH3 is 1. The zero-order valence-corrected chi connectivity index (χ0v) is 26.5. The van der Waals surface area contributed by atoms with Crippen molar-refractivity contribution in [3.05, 3.63) is 53.1 Å². The van der Waals surface area contributed by atoms with E-state index in [-0.39, 0.29) is 23.3 Å². The number of nitrogens with one attached hydrogen (secondary N) is 1. The molecule has 1 aliphatic heterocycles. The van der Waals surface area contributed by atoms with Gasteiger partial charge in [0.2, 0.25) is 5.91 Å². The Morgan fingerprint density at radius 3 is 2.56 bits per heavy atom. The van der Waals surface area contributed by atoms with Gasteiger partial charge in [-0.3, -0.25) is 9.63 Å². The van der Waals surface area contributed by atoms with E-state index in [0.29, 0.717) is 36.3 Å². The molecule has 41 heavy (non-hydrogen) atoms. The third-order valence-corrected chi connectivity index (χ3v) is 10.6. The lowest BCUT2D eigenvalue weighted by Crippen LogP contribution is -2.62. The largest absolute Gasteiger partial charge is 0.496 e. The minimum absolute atomic E-state index is 0.0255. The topological polar surface area (TPSA) is 71.0 Å². The summed E-state index contributed by atoms with van der Waals surface area (Å²) in [6, 6.07) is 12.4. The van der Waals surface area contributed by atoms with Crippen molar-refractivity contribution in [3.8, 4) is 16.9 Å². The third kappa shape index (κ3) is 5.55. The number of fused-ring (bicyclic) bond motifs is 2. The van der Waals surface area contributed by atoms with Crippen molar-refractivity contribution in [2.45, 2.75) is 98.4 Å². The fourth-order valence-electron chi connectivity index (χ4n) is 7.76. The Morgan fingerprint density at radius 2 is 1.95 bits per heavy atom. The number of rotatable bonds is 7. The molecule has 0 spiro atoms. The van der Waals surface area contributed by atoms with Crippen molar-refractivity contribution in [1.82, 2.24) is 10.4 Å². The van der Waals surface area contributed by atoms with Gasteiger partial charge in [-0.05, 0) is 66.4 Å². The Balaban J connectivity index is 1.40. The summed E-state index contributed by atoms with van der Waals surface area (Å²) in [6.07, 6.45) is 1.62. The second-order valence-electron chi connectivity index (χ2n) is 14.6. The Hall–Kier alpha value is -2.41. The molecule has 4 fully saturated rings. The number of aliphatic hydroxyl groups excluding tert-OH is 1. The van der Waals surface area contributed by atoms with Gasteiger partial charge in [-0.1, -0.05) is 83.5 Å². The van der Waals surface area contributed by atoms with E-state index in [1.54, 1.807) is 19.1 Å². The van der Waals surface area contributed by atoms with Crippen LogP contribution in [0.3, 0.4) is 0 Å².